The summed E-state index contributed by atoms with van der Waals surface area (Å²) in [6.07, 6.45) is 10.5. The molecular formula is C25H28ClNO2. The third-order valence-corrected chi connectivity index (χ3v) is 6.26. The zero-order valence-corrected chi connectivity index (χ0v) is 17.8. The molecule has 0 N–H and O–H groups in total. The number of esters is 1. The highest BCUT2D eigenvalue weighted by Crippen LogP contribution is 2.37. The molecule has 2 aromatic carbocycles. The monoisotopic (exact) mass is 409 g/mol. The van der Waals surface area contributed by atoms with E-state index < -0.39 is 5.97 Å². The largest absolute Gasteiger partial charge is 0.423 e. The van der Waals surface area contributed by atoms with Crippen molar-refractivity contribution in [3.63, 3.8) is 0 Å². The molecule has 0 saturated heterocycles. The fourth-order valence-corrected chi connectivity index (χ4v) is 4.39. The van der Waals surface area contributed by atoms with E-state index in [4.69, 9.17) is 21.6 Å². The molecule has 0 bridgehead atoms. The average molecular weight is 410 g/mol. The summed E-state index contributed by atoms with van der Waals surface area (Å²) in [6.45, 7) is 2.26. The van der Waals surface area contributed by atoms with Crippen LogP contribution in [0.1, 0.15) is 85.7 Å². The summed E-state index contributed by atoms with van der Waals surface area (Å²) in [5.74, 6) is 1.41. The van der Waals surface area contributed by atoms with Crippen LogP contribution in [-0.4, -0.2) is 5.97 Å². The number of ether oxygens (including phenoxy) is 1. The molecule has 3 rings (SSSR count). The molecule has 0 radical (unpaired) electrons. The van der Waals surface area contributed by atoms with Crippen LogP contribution in [0.4, 0.5) is 0 Å². The first-order valence-corrected chi connectivity index (χ1v) is 11.0. The standard InChI is InChI=1S/C25H28ClNO2/c1-2-3-4-5-18-6-8-19(9-7-18)20-10-12-21(13-11-20)25(28)29-23-15-14-22(17-27)24(26)16-23/h10-16,18-19H,2-9H2,1H3. The first-order chi connectivity index (χ1) is 14.1. The summed E-state index contributed by atoms with van der Waals surface area (Å²) in [4.78, 5) is 12.4. The van der Waals surface area contributed by atoms with Gasteiger partial charge in [-0.1, -0.05) is 56.3 Å². The number of unbranched alkanes of at least 4 members (excludes halogenated alkanes) is 2. The minimum Gasteiger partial charge on any atom is -0.423 e. The number of halogens is 1. The summed E-state index contributed by atoms with van der Waals surface area (Å²) in [5, 5.41) is 9.20. The maximum absolute atomic E-state index is 12.4. The van der Waals surface area contributed by atoms with Crippen molar-refractivity contribution >= 4 is 17.6 Å². The Morgan fingerprint density at radius 3 is 2.45 bits per heavy atom. The van der Waals surface area contributed by atoms with E-state index in [1.54, 1.807) is 12.1 Å². The van der Waals surface area contributed by atoms with Crippen molar-refractivity contribution in [1.29, 1.82) is 5.26 Å². The number of rotatable bonds is 7. The summed E-state index contributed by atoms with van der Waals surface area (Å²) >= 11 is 6.00. The van der Waals surface area contributed by atoms with Gasteiger partial charge in [-0.2, -0.15) is 5.26 Å². The van der Waals surface area contributed by atoms with Crippen LogP contribution in [0.5, 0.6) is 5.75 Å². The molecule has 1 fully saturated rings. The van der Waals surface area contributed by atoms with E-state index in [1.165, 1.54) is 63.0 Å². The van der Waals surface area contributed by atoms with Crippen LogP contribution in [0, 0.1) is 17.2 Å². The van der Waals surface area contributed by atoms with Gasteiger partial charge in [-0.15, -0.1) is 0 Å². The van der Waals surface area contributed by atoms with E-state index in [9.17, 15) is 4.79 Å². The molecule has 0 aliphatic heterocycles. The van der Waals surface area contributed by atoms with E-state index in [-0.39, 0.29) is 5.02 Å². The lowest BCUT2D eigenvalue weighted by molar-refractivity contribution is 0.0734. The highest BCUT2D eigenvalue weighted by molar-refractivity contribution is 6.31. The SMILES string of the molecule is CCCCCC1CCC(c2ccc(C(=O)Oc3ccc(C#N)c(Cl)c3)cc2)CC1. The molecule has 1 aliphatic carbocycles. The van der Waals surface area contributed by atoms with Crippen molar-refractivity contribution < 1.29 is 9.53 Å². The molecule has 0 aromatic heterocycles. The van der Waals surface area contributed by atoms with Gasteiger partial charge in [0.25, 0.3) is 0 Å². The topological polar surface area (TPSA) is 50.1 Å². The van der Waals surface area contributed by atoms with Gasteiger partial charge in [0.2, 0.25) is 0 Å². The lowest BCUT2D eigenvalue weighted by Crippen LogP contribution is -2.14. The minimum atomic E-state index is -0.419. The van der Waals surface area contributed by atoms with Crippen LogP contribution in [0.2, 0.25) is 5.02 Å². The van der Waals surface area contributed by atoms with Crippen molar-refractivity contribution in [1.82, 2.24) is 0 Å². The lowest BCUT2D eigenvalue weighted by atomic mass is 9.77. The Balaban J connectivity index is 1.54. The van der Waals surface area contributed by atoms with Gasteiger partial charge in [0, 0.05) is 6.07 Å². The quantitative estimate of drug-likeness (QED) is 0.274. The third-order valence-electron chi connectivity index (χ3n) is 5.95. The lowest BCUT2D eigenvalue weighted by Gasteiger charge is -2.29. The molecule has 0 atom stereocenters. The van der Waals surface area contributed by atoms with Gasteiger partial charge >= 0.3 is 5.97 Å². The Morgan fingerprint density at radius 1 is 1.10 bits per heavy atom. The molecule has 1 saturated carbocycles. The van der Waals surface area contributed by atoms with Crippen molar-refractivity contribution in [3.8, 4) is 11.8 Å². The normalized spacial score (nSPS) is 18.8. The predicted molar refractivity (Wildman–Crippen MR) is 116 cm³/mol. The number of hydrogen-bond acceptors (Lipinski definition) is 3. The minimum absolute atomic E-state index is 0.276. The molecule has 0 spiro atoms. The Hall–Kier alpha value is -2.31. The number of benzene rings is 2. The number of hydrogen-bond donors (Lipinski definition) is 0. The first-order valence-electron chi connectivity index (χ1n) is 10.6. The second-order valence-electron chi connectivity index (χ2n) is 7.98. The van der Waals surface area contributed by atoms with Crippen LogP contribution in [0.3, 0.4) is 0 Å². The fourth-order valence-electron chi connectivity index (χ4n) is 4.17. The van der Waals surface area contributed by atoms with Crippen molar-refractivity contribution in [3.05, 3.63) is 64.2 Å². The zero-order chi connectivity index (χ0) is 20.6. The summed E-state index contributed by atoms with van der Waals surface area (Å²) in [5.41, 5.74) is 2.19. The number of nitriles is 1. The summed E-state index contributed by atoms with van der Waals surface area (Å²) in [6, 6.07) is 14.4. The van der Waals surface area contributed by atoms with Gasteiger partial charge in [-0.25, -0.2) is 4.79 Å². The third kappa shape index (κ3) is 5.84. The number of carbonyl (C=O) groups excluding carboxylic acids is 1. The number of nitrogens with zero attached hydrogens (tertiary/aromatic N) is 1. The van der Waals surface area contributed by atoms with Gasteiger partial charge in [0.05, 0.1) is 16.1 Å². The van der Waals surface area contributed by atoms with Crippen molar-refractivity contribution in [2.75, 3.05) is 0 Å². The van der Waals surface area contributed by atoms with Crippen molar-refractivity contribution in [2.45, 2.75) is 64.2 Å². The smallest absolute Gasteiger partial charge is 0.343 e. The molecule has 4 heteroatoms. The van der Waals surface area contributed by atoms with Gasteiger partial charge in [-0.05, 0) is 67.3 Å². The van der Waals surface area contributed by atoms with Crippen LogP contribution >= 0.6 is 11.6 Å². The van der Waals surface area contributed by atoms with Gasteiger partial charge in [0.1, 0.15) is 11.8 Å². The predicted octanol–water partition coefficient (Wildman–Crippen LogP) is 7.28. The first kappa shape index (κ1) is 21.4. The second-order valence-corrected chi connectivity index (χ2v) is 8.39. The summed E-state index contributed by atoms with van der Waals surface area (Å²) in [7, 11) is 0. The molecule has 2 aromatic rings. The highest BCUT2D eigenvalue weighted by atomic mass is 35.5. The van der Waals surface area contributed by atoms with Crippen LogP contribution in [0.25, 0.3) is 0 Å². The van der Waals surface area contributed by atoms with E-state index in [0.29, 0.717) is 22.8 Å². The Bertz CT molecular complexity index is 861. The van der Waals surface area contributed by atoms with Gasteiger partial charge < -0.3 is 4.74 Å². The fraction of sp³-hybridized carbons (Fsp3) is 0.440. The van der Waals surface area contributed by atoms with Gasteiger partial charge in [-0.3, -0.25) is 0 Å². The molecule has 0 unspecified atom stereocenters. The van der Waals surface area contributed by atoms with E-state index >= 15 is 0 Å². The maximum atomic E-state index is 12.4. The van der Waals surface area contributed by atoms with E-state index in [1.807, 2.05) is 18.2 Å². The van der Waals surface area contributed by atoms with Gasteiger partial charge in [0.15, 0.2) is 0 Å². The molecule has 0 heterocycles. The maximum Gasteiger partial charge on any atom is 0.343 e. The van der Waals surface area contributed by atoms with Crippen LogP contribution < -0.4 is 4.74 Å². The van der Waals surface area contributed by atoms with E-state index in [2.05, 4.69) is 19.1 Å². The molecule has 29 heavy (non-hydrogen) atoms. The second kappa shape index (κ2) is 10.5. The average Bonchev–Trinajstić information content (AvgIpc) is 2.75. The number of carbonyl (C=O) groups is 1. The molecule has 0 amide bonds. The highest BCUT2D eigenvalue weighted by Gasteiger charge is 2.22. The Morgan fingerprint density at radius 2 is 1.83 bits per heavy atom. The molecule has 152 valence electrons. The van der Waals surface area contributed by atoms with Crippen LogP contribution in [-0.2, 0) is 0 Å². The molecule has 1 aliphatic rings. The zero-order valence-electron chi connectivity index (χ0n) is 17.0. The summed E-state index contributed by atoms with van der Waals surface area (Å²) < 4.78 is 5.39. The Kier molecular flexibility index (Phi) is 7.72. The van der Waals surface area contributed by atoms with Crippen molar-refractivity contribution in [2.24, 2.45) is 5.92 Å². The van der Waals surface area contributed by atoms with E-state index in [0.717, 1.165) is 5.92 Å². The molecular weight excluding hydrogens is 382 g/mol. The Labute approximate surface area is 178 Å². The molecule has 3 nitrogen and oxygen atoms in total. The van der Waals surface area contributed by atoms with Crippen LogP contribution in [0.15, 0.2) is 42.5 Å².